The van der Waals surface area contributed by atoms with E-state index < -0.39 is 6.10 Å². The number of benzene rings is 1. The second-order valence-electron chi connectivity index (χ2n) is 8.54. The van der Waals surface area contributed by atoms with Gasteiger partial charge in [0.15, 0.2) is 0 Å². The van der Waals surface area contributed by atoms with Gasteiger partial charge in [-0.25, -0.2) is 4.98 Å². The lowest BCUT2D eigenvalue weighted by atomic mass is 9.88. The first kappa shape index (κ1) is 21.0. The van der Waals surface area contributed by atoms with Crippen molar-refractivity contribution in [1.29, 1.82) is 0 Å². The first-order chi connectivity index (χ1) is 15.6. The minimum absolute atomic E-state index is 0.0834. The normalized spacial score (nSPS) is 16.8. The molecule has 0 unspecified atom stereocenters. The van der Waals surface area contributed by atoms with Gasteiger partial charge in [-0.2, -0.15) is 0 Å². The van der Waals surface area contributed by atoms with E-state index in [4.69, 9.17) is 4.99 Å². The molecule has 0 fully saturated rings. The van der Waals surface area contributed by atoms with Gasteiger partial charge in [0.2, 0.25) is 0 Å². The van der Waals surface area contributed by atoms with E-state index in [0.29, 0.717) is 13.0 Å². The number of nitrogens with zero attached hydrogens (tertiary/aromatic N) is 4. The first-order valence-electron chi connectivity index (χ1n) is 11.0. The number of aliphatic imine (C=N–C) groups is 1. The highest BCUT2D eigenvalue weighted by atomic mass is 32.1. The molecule has 1 aromatic carbocycles. The Hall–Kier alpha value is -2.90. The van der Waals surface area contributed by atoms with Gasteiger partial charge in [0.1, 0.15) is 11.6 Å². The molecule has 32 heavy (non-hydrogen) atoms. The van der Waals surface area contributed by atoms with E-state index in [1.165, 1.54) is 10.6 Å². The lowest BCUT2D eigenvalue weighted by Gasteiger charge is -2.28. The predicted octanol–water partition coefficient (Wildman–Crippen LogP) is 3.52. The monoisotopic (exact) mass is 446 g/mol. The van der Waals surface area contributed by atoms with Gasteiger partial charge < -0.3 is 10.0 Å². The highest BCUT2D eigenvalue weighted by molar-refractivity contribution is 7.09. The molecule has 6 nitrogen and oxygen atoms in total. The number of thiazole rings is 1. The average molecular weight is 447 g/mol. The molecular formula is C25H26N4O2S. The van der Waals surface area contributed by atoms with Gasteiger partial charge in [-0.3, -0.25) is 14.8 Å². The molecule has 164 valence electrons. The van der Waals surface area contributed by atoms with Crippen molar-refractivity contribution in [3.8, 4) is 0 Å². The number of carbonyl (C=O) groups is 1. The molecule has 2 atom stereocenters. The zero-order valence-electron chi connectivity index (χ0n) is 18.1. The number of hydrogen-bond donors (Lipinski definition) is 1. The van der Waals surface area contributed by atoms with E-state index >= 15 is 0 Å². The van der Waals surface area contributed by atoms with Crippen LogP contribution in [0.1, 0.15) is 52.2 Å². The summed E-state index contributed by atoms with van der Waals surface area (Å²) < 4.78 is 0. The number of aliphatic hydroxyl groups is 1. The van der Waals surface area contributed by atoms with Crippen LogP contribution < -0.4 is 0 Å². The molecule has 0 radical (unpaired) electrons. The van der Waals surface area contributed by atoms with Crippen LogP contribution in [0.15, 0.2) is 53.1 Å². The van der Waals surface area contributed by atoms with Crippen molar-refractivity contribution >= 4 is 23.0 Å². The molecule has 0 spiro atoms. The minimum atomic E-state index is -0.589. The first-order valence-corrected chi connectivity index (χ1v) is 11.9. The van der Waals surface area contributed by atoms with Crippen molar-refractivity contribution in [2.75, 3.05) is 6.54 Å². The number of hydrogen-bond acceptors (Lipinski definition) is 7. The highest BCUT2D eigenvalue weighted by Crippen LogP contribution is 2.28. The number of carbonyl (C=O) groups excluding carboxylic acids is 1. The van der Waals surface area contributed by atoms with E-state index in [0.717, 1.165) is 47.7 Å². The summed E-state index contributed by atoms with van der Waals surface area (Å²) in [5.74, 6) is 0.881. The van der Waals surface area contributed by atoms with Gasteiger partial charge in [0.25, 0.3) is 0 Å². The van der Waals surface area contributed by atoms with E-state index in [1.807, 2.05) is 48.1 Å². The van der Waals surface area contributed by atoms with Gasteiger partial charge in [-0.05, 0) is 24.1 Å². The Kier molecular flexibility index (Phi) is 5.85. The summed E-state index contributed by atoms with van der Waals surface area (Å²) in [6, 6.07) is 11.8. The SMILES string of the molecule is C[C@@H](O)[C@@H](CC(=O)Cc1cc2c(cn1)C(N1CCc3ncsc3C1)=NC2)c1ccccc1. The predicted molar refractivity (Wildman–Crippen MR) is 125 cm³/mol. The molecule has 3 aromatic rings. The summed E-state index contributed by atoms with van der Waals surface area (Å²) in [5, 5.41) is 10.2. The van der Waals surface area contributed by atoms with Crippen LogP contribution in [0, 0.1) is 0 Å². The number of rotatable bonds is 6. The van der Waals surface area contributed by atoms with E-state index in [9.17, 15) is 9.90 Å². The Bertz CT molecular complexity index is 1160. The number of fused-ring (bicyclic) bond motifs is 2. The van der Waals surface area contributed by atoms with Crippen molar-refractivity contribution in [3.63, 3.8) is 0 Å². The Labute approximate surface area is 191 Å². The third-order valence-corrected chi connectivity index (χ3v) is 7.16. The molecule has 0 bridgehead atoms. The molecule has 4 heterocycles. The van der Waals surface area contributed by atoms with E-state index in [-0.39, 0.29) is 18.1 Å². The highest BCUT2D eigenvalue weighted by Gasteiger charge is 2.27. The van der Waals surface area contributed by atoms with E-state index in [1.54, 1.807) is 18.3 Å². The molecule has 1 N–H and O–H groups in total. The van der Waals surface area contributed by atoms with Gasteiger partial charge in [-0.15, -0.1) is 11.3 Å². The van der Waals surface area contributed by atoms with Crippen molar-refractivity contribution in [2.24, 2.45) is 4.99 Å². The minimum Gasteiger partial charge on any atom is -0.393 e. The maximum Gasteiger partial charge on any atom is 0.139 e. The molecule has 5 rings (SSSR count). The fraction of sp³-hybridized carbons (Fsp3) is 0.360. The smallest absolute Gasteiger partial charge is 0.139 e. The standard InChI is InChI=1S/C25H26N4O2S/c1-16(30)21(17-5-3-2-4-6-17)11-20(31)10-19-9-18-12-27-25(22(18)13-26-19)29-8-7-23-24(14-29)32-15-28-23/h2-6,9,13,15-16,21,30H,7-8,10-12,14H2,1H3/t16-,21-/m1/s1. The van der Waals surface area contributed by atoms with E-state index in [2.05, 4.69) is 14.9 Å². The average Bonchev–Trinajstić information content (AvgIpc) is 3.44. The van der Waals surface area contributed by atoms with Crippen LogP contribution in [0.25, 0.3) is 0 Å². The molecule has 0 saturated heterocycles. The number of pyridine rings is 1. The Morgan fingerprint density at radius 2 is 2.09 bits per heavy atom. The Morgan fingerprint density at radius 3 is 2.91 bits per heavy atom. The van der Waals surface area contributed by atoms with Crippen LogP contribution in [-0.4, -0.2) is 44.2 Å². The zero-order valence-corrected chi connectivity index (χ0v) is 18.9. The number of aliphatic hydroxyl groups excluding tert-OH is 1. The van der Waals surface area contributed by atoms with Crippen LogP contribution in [-0.2, 0) is 30.7 Å². The molecule has 7 heteroatoms. The summed E-state index contributed by atoms with van der Waals surface area (Å²) in [6.45, 7) is 4.13. The van der Waals surface area contributed by atoms with Crippen LogP contribution >= 0.6 is 11.3 Å². The maximum atomic E-state index is 12.8. The molecule has 0 aliphatic carbocycles. The fourth-order valence-electron chi connectivity index (χ4n) is 4.58. The summed E-state index contributed by atoms with van der Waals surface area (Å²) in [6.07, 6.45) is 2.79. The summed E-state index contributed by atoms with van der Waals surface area (Å²) in [4.78, 5) is 30.3. The number of aromatic nitrogens is 2. The molecule has 2 aliphatic rings. The molecule has 0 saturated carbocycles. The largest absolute Gasteiger partial charge is 0.393 e. The zero-order chi connectivity index (χ0) is 22.1. The van der Waals surface area contributed by atoms with Crippen LogP contribution in [0.4, 0.5) is 0 Å². The molecule has 2 aliphatic heterocycles. The molecule has 0 amide bonds. The van der Waals surface area contributed by atoms with Crippen molar-refractivity contribution < 1.29 is 9.90 Å². The number of amidine groups is 1. The quantitative estimate of drug-likeness (QED) is 0.627. The van der Waals surface area contributed by atoms with Gasteiger partial charge >= 0.3 is 0 Å². The van der Waals surface area contributed by atoms with Crippen LogP contribution in [0.5, 0.6) is 0 Å². The Morgan fingerprint density at radius 1 is 1.25 bits per heavy atom. The summed E-state index contributed by atoms with van der Waals surface area (Å²) >= 11 is 1.70. The van der Waals surface area contributed by atoms with Gasteiger partial charge in [0.05, 0.1) is 30.4 Å². The topological polar surface area (TPSA) is 78.7 Å². The number of ketones is 1. The molecule has 2 aromatic heterocycles. The summed E-state index contributed by atoms with van der Waals surface area (Å²) in [5.41, 5.74) is 7.09. The third-order valence-electron chi connectivity index (χ3n) is 6.30. The maximum absolute atomic E-state index is 12.8. The van der Waals surface area contributed by atoms with Gasteiger partial charge in [-0.1, -0.05) is 30.3 Å². The van der Waals surface area contributed by atoms with Gasteiger partial charge in [0, 0.05) is 54.1 Å². The lowest BCUT2D eigenvalue weighted by molar-refractivity contribution is -0.119. The number of Topliss-reactive ketones (excluding diaryl/α,β-unsaturated/α-hetero) is 1. The Balaban J connectivity index is 1.26. The lowest BCUT2D eigenvalue weighted by Crippen LogP contribution is -2.35. The van der Waals surface area contributed by atoms with Crippen molar-refractivity contribution in [1.82, 2.24) is 14.9 Å². The second kappa shape index (κ2) is 8.92. The fourth-order valence-corrected chi connectivity index (χ4v) is 5.41. The van der Waals surface area contributed by atoms with Crippen molar-refractivity contribution in [3.05, 3.63) is 81.1 Å². The van der Waals surface area contributed by atoms with Crippen LogP contribution in [0.3, 0.4) is 0 Å². The van der Waals surface area contributed by atoms with Crippen molar-refractivity contribution in [2.45, 2.75) is 51.3 Å². The third kappa shape index (κ3) is 4.23. The van der Waals surface area contributed by atoms with Crippen LogP contribution in [0.2, 0.25) is 0 Å². The second-order valence-corrected chi connectivity index (χ2v) is 9.48. The molecular weight excluding hydrogens is 420 g/mol. The summed E-state index contributed by atoms with van der Waals surface area (Å²) in [7, 11) is 0.